The summed E-state index contributed by atoms with van der Waals surface area (Å²) >= 11 is 0. The predicted octanol–water partition coefficient (Wildman–Crippen LogP) is 2.21. The summed E-state index contributed by atoms with van der Waals surface area (Å²) in [5, 5.41) is 2.35. The number of aromatic nitrogens is 1. The molecule has 1 aromatic rings. The molecule has 1 fully saturated rings. The minimum Gasteiger partial charge on any atom is -0.373 e. The van der Waals surface area contributed by atoms with Crippen LogP contribution in [0.15, 0.2) is 24.5 Å². The summed E-state index contributed by atoms with van der Waals surface area (Å²) in [4.78, 5) is 17.5. The maximum absolute atomic E-state index is 13.5. The fraction of sp³-hybridized carbons (Fsp3) is 0.571. The van der Waals surface area contributed by atoms with Gasteiger partial charge in [-0.1, -0.05) is 6.92 Å². The molecule has 1 saturated heterocycles. The van der Waals surface area contributed by atoms with Gasteiger partial charge in [0.05, 0.1) is 12.6 Å². The monoisotopic (exact) mass is 299 g/mol. The molecule has 1 aliphatic rings. The van der Waals surface area contributed by atoms with E-state index in [2.05, 4.69) is 10.3 Å². The average molecular weight is 299 g/mol. The first kappa shape index (κ1) is 15.6. The Morgan fingerprint density at radius 3 is 2.76 bits per heavy atom. The topological polar surface area (TPSA) is 54.5 Å². The molecular formula is C14H19F2N3O2. The third-order valence-corrected chi connectivity index (χ3v) is 3.65. The number of nitrogens with zero attached hydrogens (tertiary/aromatic N) is 2. The summed E-state index contributed by atoms with van der Waals surface area (Å²) in [6, 6.07) is 1.62. The van der Waals surface area contributed by atoms with Crippen LogP contribution in [0.1, 0.15) is 24.9 Å². The number of alkyl halides is 2. The maximum atomic E-state index is 13.5. The van der Waals surface area contributed by atoms with Gasteiger partial charge in [-0.05, 0) is 24.1 Å². The Morgan fingerprint density at radius 2 is 2.24 bits per heavy atom. The van der Waals surface area contributed by atoms with Crippen LogP contribution in [0.3, 0.4) is 0 Å². The first-order chi connectivity index (χ1) is 9.95. The second kappa shape index (κ2) is 6.34. The Balaban J connectivity index is 2.04. The number of halogens is 2. The summed E-state index contributed by atoms with van der Waals surface area (Å²) in [5.41, 5.74) is 0.916. The molecule has 0 spiro atoms. The molecule has 5 nitrogen and oxygen atoms in total. The van der Waals surface area contributed by atoms with Crippen molar-refractivity contribution in [1.82, 2.24) is 15.2 Å². The molecule has 2 rings (SSSR count). The van der Waals surface area contributed by atoms with Crippen LogP contribution in [-0.4, -0.2) is 48.1 Å². The lowest BCUT2D eigenvalue weighted by molar-refractivity contribution is -0.0224. The van der Waals surface area contributed by atoms with Gasteiger partial charge in [0.25, 0.3) is 5.92 Å². The number of amides is 2. The number of carbonyl (C=O) groups excluding carboxylic acids is 1. The van der Waals surface area contributed by atoms with Crippen LogP contribution in [0.25, 0.3) is 0 Å². The molecule has 0 saturated carbocycles. The quantitative estimate of drug-likeness (QED) is 0.927. The SMILES string of the molecule is CCC(c1ccncc1)N(C)C(=O)N[C@H]1COCC1(F)F. The van der Waals surface area contributed by atoms with Crippen LogP contribution < -0.4 is 5.32 Å². The van der Waals surface area contributed by atoms with Crippen molar-refractivity contribution in [2.75, 3.05) is 20.3 Å². The van der Waals surface area contributed by atoms with Gasteiger partial charge in [-0.15, -0.1) is 0 Å². The van der Waals surface area contributed by atoms with Gasteiger partial charge >= 0.3 is 6.03 Å². The zero-order valence-electron chi connectivity index (χ0n) is 12.1. The zero-order valence-corrected chi connectivity index (χ0v) is 12.1. The highest BCUT2D eigenvalue weighted by Gasteiger charge is 2.46. The molecule has 116 valence electrons. The van der Waals surface area contributed by atoms with Crippen molar-refractivity contribution in [2.24, 2.45) is 0 Å². The fourth-order valence-corrected chi connectivity index (χ4v) is 2.39. The van der Waals surface area contributed by atoms with Crippen molar-refractivity contribution >= 4 is 6.03 Å². The van der Waals surface area contributed by atoms with Gasteiger partial charge in [-0.2, -0.15) is 0 Å². The minimum absolute atomic E-state index is 0.168. The summed E-state index contributed by atoms with van der Waals surface area (Å²) in [7, 11) is 1.60. The van der Waals surface area contributed by atoms with Crippen LogP contribution in [0.2, 0.25) is 0 Å². The normalized spacial score (nSPS) is 21.8. The van der Waals surface area contributed by atoms with Gasteiger partial charge in [0.1, 0.15) is 12.6 Å². The van der Waals surface area contributed by atoms with Gasteiger partial charge in [0, 0.05) is 19.4 Å². The lowest BCUT2D eigenvalue weighted by Gasteiger charge is -2.29. The number of pyridine rings is 1. The summed E-state index contributed by atoms with van der Waals surface area (Å²) in [6.45, 7) is 1.12. The molecule has 7 heteroatoms. The van der Waals surface area contributed by atoms with E-state index in [1.54, 1.807) is 19.4 Å². The molecule has 1 N–H and O–H groups in total. The van der Waals surface area contributed by atoms with Gasteiger partial charge < -0.3 is 15.0 Å². The lowest BCUT2D eigenvalue weighted by Crippen LogP contribution is -2.51. The van der Waals surface area contributed by atoms with E-state index in [1.807, 2.05) is 19.1 Å². The molecule has 0 aromatic carbocycles. The van der Waals surface area contributed by atoms with Crippen LogP contribution in [0, 0.1) is 0 Å². The van der Waals surface area contributed by atoms with E-state index in [1.165, 1.54) is 4.90 Å². The van der Waals surface area contributed by atoms with Crippen LogP contribution in [0.5, 0.6) is 0 Å². The zero-order chi connectivity index (χ0) is 15.5. The van der Waals surface area contributed by atoms with Crippen LogP contribution in [-0.2, 0) is 4.74 Å². The summed E-state index contributed by atoms with van der Waals surface area (Å²) in [5.74, 6) is -3.02. The smallest absolute Gasteiger partial charge is 0.318 e. The Bertz CT molecular complexity index is 484. The third-order valence-electron chi connectivity index (χ3n) is 3.65. The molecule has 2 amide bonds. The highest BCUT2D eigenvalue weighted by molar-refractivity contribution is 5.75. The number of hydrogen-bond acceptors (Lipinski definition) is 3. The molecule has 2 atom stereocenters. The van der Waals surface area contributed by atoms with E-state index < -0.39 is 24.6 Å². The molecule has 1 aromatic heterocycles. The predicted molar refractivity (Wildman–Crippen MR) is 73.1 cm³/mol. The molecule has 1 aliphatic heterocycles. The van der Waals surface area contributed by atoms with Gasteiger partial charge in [0.2, 0.25) is 0 Å². The van der Waals surface area contributed by atoms with E-state index in [4.69, 9.17) is 4.74 Å². The van der Waals surface area contributed by atoms with Crippen molar-refractivity contribution in [3.63, 3.8) is 0 Å². The van der Waals surface area contributed by atoms with Gasteiger partial charge in [-0.3, -0.25) is 4.98 Å². The van der Waals surface area contributed by atoms with Gasteiger partial charge in [0.15, 0.2) is 0 Å². The Hall–Kier alpha value is -1.76. The molecule has 0 aliphatic carbocycles. The van der Waals surface area contributed by atoms with Crippen molar-refractivity contribution in [3.8, 4) is 0 Å². The number of hydrogen-bond donors (Lipinski definition) is 1. The van der Waals surface area contributed by atoms with Crippen molar-refractivity contribution < 1.29 is 18.3 Å². The number of urea groups is 1. The Kier molecular flexibility index (Phi) is 4.72. The van der Waals surface area contributed by atoms with E-state index in [9.17, 15) is 13.6 Å². The van der Waals surface area contributed by atoms with E-state index in [0.717, 1.165) is 5.56 Å². The van der Waals surface area contributed by atoms with E-state index in [0.29, 0.717) is 6.42 Å². The summed E-state index contributed by atoms with van der Waals surface area (Å²) < 4.78 is 31.7. The maximum Gasteiger partial charge on any atom is 0.318 e. The van der Waals surface area contributed by atoms with Crippen molar-refractivity contribution in [3.05, 3.63) is 30.1 Å². The standard InChI is InChI=1S/C14H19F2N3O2/c1-3-11(10-4-6-17-7-5-10)19(2)13(20)18-12-8-21-9-14(12,15)16/h4-7,11-12H,3,8-9H2,1-2H3,(H,18,20)/t11?,12-/m0/s1. The fourth-order valence-electron chi connectivity index (χ4n) is 2.39. The lowest BCUT2D eigenvalue weighted by atomic mass is 10.1. The molecule has 0 radical (unpaired) electrons. The molecule has 21 heavy (non-hydrogen) atoms. The van der Waals surface area contributed by atoms with Crippen molar-refractivity contribution in [1.29, 1.82) is 0 Å². The number of ether oxygens (including phenoxy) is 1. The second-order valence-corrected chi connectivity index (χ2v) is 5.09. The van der Waals surface area contributed by atoms with Gasteiger partial charge in [-0.25, -0.2) is 13.6 Å². The molecular weight excluding hydrogens is 280 g/mol. The second-order valence-electron chi connectivity index (χ2n) is 5.09. The highest BCUT2D eigenvalue weighted by Crippen LogP contribution is 2.27. The Morgan fingerprint density at radius 1 is 1.57 bits per heavy atom. The molecule has 0 bridgehead atoms. The first-order valence-corrected chi connectivity index (χ1v) is 6.84. The highest BCUT2D eigenvalue weighted by atomic mass is 19.3. The number of nitrogens with one attached hydrogen (secondary N) is 1. The van der Waals surface area contributed by atoms with E-state index in [-0.39, 0.29) is 12.6 Å². The largest absolute Gasteiger partial charge is 0.373 e. The van der Waals surface area contributed by atoms with Crippen LogP contribution in [0.4, 0.5) is 13.6 Å². The Labute approximate surface area is 122 Å². The number of carbonyl (C=O) groups is 1. The first-order valence-electron chi connectivity index (χ1n) is 6.84. The average Bonchev–Trinajstić information content (AvgIpc) is 2.79. The van der Waals surface area contributed by atoms with Crippen LogP contribution >= 0.6 is 0 Å². The third kappa shape index (κ3) is 3.47. The van der Waals surface area contributed by atoms with E-state index >= 15 is 0 Å². The minimum atomic E-state index is -3.02. The molecule has 1 unspecified atom stereocenters. The number of rotatable bonds is 4. The molecule has 2 heterocycles. The summed E-state index contributed by atoms with van der Waals surface area (Å²) in [6.07, 6.45) is 3.96. The van der Waals surface area contributed by atoms with Crippen molar-refractivity contribution in [2.45, 2.75) is 31.4 Å².